The summed E-state index contributed by atoms with van der Waals surface area (Å²) in [7, 11) is 0. The molecule has 2 bridgehead atoms. The van der Waals surface area contributed by atoms with Gasteiger partial charge in [0.05, 0.1) is 4.70 Å². The number of carbonyl (C=O) groups excluding carboxylic acids is 1. The summed E-state index contributed by atoms with van der Waals surface area (Å²) in [6, 6.07) is 4.02. The highest BCUT2D eigenvalue weighted by atomic mass is 32.1. The van der Waals surface area contributed by atoms with Crippen molar-refractivity contribution in [3.8, 4) is 5.75 Å². The summed E-state index contributed by atoms with van der Waals surface area (Å²) in [5, 5.41) is 10.5. The lowest BCUT2D eigenvalue weighted by atomic mass is 9.84. The molecule has 2 aromatic rings. The van der Waals surface area contributed by atoms with E-state index in [1.165, 1.54) is 18.2 Å². The number of nitrogens with zero attached hydrogens (tertiary/aromatic N) is 2. The maximum atomic E-state index is 12.6. The Balaban J connectivity index is 0.000000706. The number of benzene rings is 1. The van der Waals surface area contributed by atoms with Crippen molar-refractivity contribution in [1.29, 1.82) is 0 Å². The van der Waals surface area contributed by atoms with Gasteiger partial charge < -0.3 is 20.1 Å². The second kappa shape index (κ2) is 8.31. The molecule has 3 saturated heterocycles. The predicted molar refractivity (Wildman–Crippen MR) is 95.4 cm³/mol. The smallest absolute Gasteiger partial charge is 0.483 e. The predicted octanol–water partition coefficient (Wildman–Crippen LogP) is 2.72. The molecule has 3 aliphatic heterocycles. The minimum Gasteiger partial charge on any atom is -0.483 e. The average Bonchev–Trinajstić information content (AvgIpc) is 3.05. The Morgan fingerprint density at radius 3 is 2.61 bits per heavy atom. The van der Waals surface area contributed by atoms with Crippen LogP contribution in [0.15, 0.2) is 18.2 Å². The summed E-state index contributed by atoms with van der Waals surface area (Å²) in [5.74, 6) is -0.0897. The summed E-state index contributed by atoms with van der Waals surface area (Å²) in [6.07, 6.45) is -2.57. The molecule has 2 N–H and O–H groups in total. The molecule has 0 unspecified atom stereocenters. The normalized spacial score (nSPS) is 23.6. The van der Waals surface area contributed by atoms with Crippen molar-refractivity contribution in [2.75, 3.05) is 19.6 Å². The maximum Gasteiger partial charge on any atom is 0.573 e. The number of aromatic nitrogens is 1. The molecule has 3 aliphatic rings. The summed E-state index contributed by atoms with van der Waals surface area (Å²) >= 11 is 0.991. The van der Waals surface area contributed by atoms with Gasteiger partial charge in [0.1, 0.15) is 11.4 Å². The maximum absolute atomic E-state index is 12.6. The van der Waals surface area contributed by atoms with Gasteiger partial charge in [-0.15, -0.1) is 13.2 Å². The molecule has 1 aromatic carbocycles. The standard InChI is InChI=1S/C16H16F3N3O2S.CH2O2/c17-16(18,19)24-10-1-2-11-13(7-10)25-21-14(11)15(23)20-12-8-22-5-3-9(12)4-6-22;2-1-3/h1-2,7,9,12H,3-6,8H2,(H,20,23);1H,(H,2,3)/t12-;/m1./s1. The number of carbonyl (C=O) groups is 2. The molecule has 4 heterocycles. The number of ether oxygens (including phenoxy) is 1. The van der Waals surface area contributed by atoms with Crippen LogP contribution in [-0.4, -0.2) is 58.8 Å². The van der Waals surface area contributed by atoms with Gasteiger partial charge in [0.15, 0.2) is 0 Å². The number of hydrogen-bond acceptors (Lipinski definition) is 6. The van der Waals surface area contributed by atoms with Gasteiger partial charge in [0, 0.05) is 18.0 Å². The van der Waals surface area contributed by atoms with Crippen LogP contribution in [-0.2, 0) is 4.79 Å². The Morgan fingerprint density at radius 2 is 2.04 bits per heavy atom. The highest BCUT2D eigenvalue weighted by Gasteiger charge is 2.35. The third kappa shape index (κ3) is 4.71. The van der Waals surface area contributed by atoms with Crippen LogP contribution >= 0.6 is 11.5 Å². The van der Waals surface area contributed by atoms with Crippen molar-refractivity contribution >= 4 is 34.0 Å². The van der Waals surface area contributed by atoms with E-state index >= 15 is 0 Å². The van der Waals surface area contributed by atoms with E-state index in [0.29, 0.717) is 16.0 Å². The number of piperidine rings is 3. The molecule has 1 aromatic heterocycles. The number of amides is 1. The van der Waals surface area contributed by atoms with Gasteiger partial charge in [0.2, 0.25) is 0 Å². The first kappa shape index (κ1) is 20.3. The van der Waals surface area contributed by atoms with Crippen molar-refractivity contribution in [2.24, 2.45) is 5.92 Å². The van der Waals surface area contributed by atoms with Gasteiger partial charge >= 0.3 is 6.36 Å². The number of fused-ring (bicyclic) bond motifs is 4. The SMILES string of the molecule is O=C(N[C@@H]1CN2CCC1CC2)c1nsc2cc(OC(F)(F)F)ccc12.O=CO. The fraction of sp³-hybridized carbons (Fsp3) is 0.471. The Labute approximate surface area is 162 Å². The van der Waals surface area contributed by atoms with E-state index in [9.17, 15) is 18.0 Å². The zero-order valence-electron chi connectivity index (χ0n) is 14.6. The Kier molecular flexibility index (Phi) is 6.04. The lowest BCUT2D eigenvalue weighted by Gasteiger charge is -2.44. The summed E-state index contributed by atoms with van der Waals surface area (Å²) in [5.41, 5.74) is 0.259. The van der Waals surface area contributed by atoms with Crippen molar-refractivity contribution in [1.82, 2.24) is 14.6 Å². The molecular formula is C17H18F3N3O4S. The number of halogens is 3. The largest absolute Gasteiger partial charge is 0.573 e. The van der Waals surface area contributed by atoms with Crippen LogP contribution < -0.4 is 10.1 Å². The lowest BCUT2D eigenvalue weighted by molar-refractivity contribution is -0.274. The highest BCUT2D eigenvalue weighted by molar-refractivity contribution is 7.13. The van der Waals surface area contributed by atoms with Gasteiger partial charge in [-0.25, -0.2) is 0 Å². The van der Waals surface area contributed by atoms with Crippen LogP contribution in [0, 0.1) is 5.92 Å². The number of rotatable bonds is 3. The summed E-state index contributed by atoms with van der Waals surface area (Å²) in [4.78, 5) is 23.3. The first-order chi connectivity index (χ1) is 13.3. The molecule has 1 amide bonds. The third-order valence-electron chi connectivity index (χ3n) is 4.86. The summed E-state index contributed by atoms with van der Waals surface area (Å²) < 4.78 is 45.5. The average molecular weight is 417 g/mol. The van der Waals surface area contributed by atoms with Crippen LogP contribution in [0.25, 0.3) is 10.1 Å². The van der Waals surface area contributed by atoms with Crippen LogP contribution in [0.2, 0.25) is 0 Å². The quantitative estimate of drug-likeness (QED) is 0.747. The topological polar surface area (TPSA) is 91.8 Å². The van der Waals surface area contributed by atoms with E-state index in [1.54, 1.807) is 0 Å². The highest BCUT2D eigenvalue weighted by Crippen LogP contribution is 2.31. The minimum atomic E-state index is -4.74. The zero-order chi connectivity index (χ0) is 20.3. The van der Waals surface area contributed by atoms with Crippen LogP contribution in [0.5, 0.6) is 5.75 Å². The Morgan fingerprint density at radius 1 is 1.36 bits per heavy atom. The van der Waals surface area contributed by atoms with Gasteiger partial charge in [-0.2, -0.15) is 4.37 Å². The van der Waals surface area contributed by atoms with Crippen LogP contribution in [0.4, 0.5) is 13.2 Å². The second-order valence-corrected chi connectivity index (χ2v) is 7.37. The molecular weight excluding hydrogens is 399 g/mol. The fourth-order valence-corrected chi connectivity index (χ4v) is 4.45. The van der Waals surface area contributed by atoms with E-state index in [4.69, 9.17) is 9.90 Å². The molecule has 0 spiro atoms. The number of alkyl halides is 3. The van der Waals surface area contributed by atoms with E-state index in [-0.39, 0.29) is 29.9 Å². The molecule has 3 fully saturated rings. The summed E-state index contributed by atoms with van der Waals surface area (Å²) in [6.45, 7) is 2.76. The third-order valence-corrected chi connectivity index (χ3v) is 5.67. The molecule has 152 valence electrons. The van der Waals surface area contributed by atoms with E-state index in [2.05, 4.69) is 19.3 Å². The number of hydrogen-bond donors (Lipinski definition) is 2. The number of carboxylic acid groups (broad SMARTS) is 1. The first-order valence-electron chi connectivity index (χ1n) is 8.57. The Hall–Kier alpha value is -2.40. The molecule has 28 heavy (non-hydrogen) atoms. The monoisotopic (exact) mass is 417 g/mol. The molecule has 0 saturated carbocycles. The molecule has 11 heteroatoms. The van der Waals surface area contributed by atoms with Gasteiger partial charge in [-0.1, -0.05) is 0 Å². The minimum absolute atomic E-state index is 0.111. The first-order valence-corrected chi connectivity index (χ1v) is 9.34. The van der Waals surface area contributed by atoms with Crippen LogP contribution in [0.1, 0.15) is 23.3 Å². The van der Waals surface area contributed by atoms with E-state index in [0.717, 1.165) is 44.0 Å². The van der Waals surface area contributed by atoms with E-state index in [1.807, 2.05) is 0 Å². The van der Waals surface area contributed by atoms with Crippen molar-refractivity contribution < 1.29 is 32.6 Å². The number of nitrogens with one attached hydrogen (secondary N) is 1. The van der Waals surface area contributed by atoms with Crippen molar-refractivity contribution in [3.05, 3.63) is 23.9 Å². The van der Waals surface area contributed by atoms with Crippen molar-refractivity contribution in [2.45, 2.75) is 25.2 Å². The molecule has 0 aliphatic carbocycles. The lowest BCUT2D eigenvalue weighted by Crippen LogP contribution is -2.57. The van der Waals surface area contributed by atoms with Crippen molar-refractivity contribution in [3.63, 3.8) is 0 Å². The zero-order valence-corrected chi connectivity index (χ0v) is 15.4. The van der Waals surface area contributed by atoms with Crippen LogP contribution in [0.3, 0.4) is 0 Å². The Bertz CT molecular complexity index is 850. The molecule has 1 atom stereocenters. The van der Waals surface area contributed by atoms with Gasteiger partial charge in [-0.05, 0) is 61.6 Å². The molecule has 0 radical (unpaired) electrons. The molecule has 7 nitrogen and oxygen atoms in total. The van der Waals surface area contributed by atoms with Gasteiger partial charge in [-0.3, -0.25) is 9.59 Å². The molecule has 5 rings (SSSR count). The fourth-order valence-electron chi connectivity index (χ4n) is 3.64. The van der Waals surface area contributed by atoms with E-state index < -0.39 is 6.36 Å². The van der Waals surface area contributed by atoms with Gasteiger partial charge in [0.25, 0.3) is 12.4 Å². The second-order valence-electron chi connectivity index (χ2n) is 6.56.